The molecule has 122 valence electrons. The van der Waals surface area contributed by atoms with Crippen LogP contribution in [0.3, 0.4) is 0 Å². The molecule has 1 N–H and O–H groups in total. The molecule has 0 saturated heterocycles. The van der Waals surface area contributed by atoms with E-state index in [1.807, 2.05) is 6.07 Å². The van der Waals surface area contributed by atoms with Gasteiger partial charge in [0.2, 0.25) is 0 Å². The molecule has 6 nitrogen and oxygen atoms in total. The summed E-state index contributed by atoms with van der Waals surface area (Å²) in [6, 6.07) is 12.8. The molecular weight excluding hydrogens is 328 g/mol. The van der Waals surface area contributed by atoms with E-state index in [2.05, 4.69) is 5.32 Å². The van der Waals surface area contributed by atoms with Gasteiger partial charge in [0, 0.05) is 17.3 Å². The highest BCUT2D eigenvalue weighted by atomic mass is 32.2. The third-order valence-corrected chi connectivity index (χ3v) is 6.00. The molecule has 0 aromatic heterocycles. The lowest BCUT2D eigenvalue weighted by atomic mass is 10.1. The lowest BCUT2D eigenvalue weighted by Crippen LogP contribution is -2.31. The van der Waals surface area contributed by atoms with Gasteiger partial charge in [0.05, 0.1) is 5.56 Å². The summed E-state index contributed by atoms with van der Waals surface area (Å²) in [5, 5.41) is 2.70. The Kier molecular flexibility index (Phi) is 3.21. The van der Waals surface area contributed by atoms with Crippen LogP contribution in [-0.4, -0.2) is 30.6 Å². The Morgan fingerprint density at radius 1 is 1.08 bits per heavy atom. The number of nitrogens with one attached hydrogen (secondary N) is 1. The molecule has 0 atom stereocenters. The highest BCUT2D eigenvalue weighted by Gasteiger charge is 2.48. The number of fused-ring (bicyclic) bond motifs is 1. The largest absolute Gasteiger partial charge is 0.322 e. The van der Waals surface area contributed by atoms with Crippen LogP contribution in [-0.2, 0) is 10.0 Å². The summed E-state index contributed by atoms with van der Waals surface area (Å²) in [6.45, 7) is 0. The third-order valence-electron chi connectivity index (χ3n) is 4.12. The second-order valence-electron chi connectivity index (χ2n) is 5.87. The van der Waals surface area contributed by atoms with Gasteiger partial charge in [0.1, 0.15) is 4.90 Å². The minimum atomic E-state index is -3.86. The first-order chi connectivity index (χ1) is 11.5. The molecule has 0 bridgehead atoms. The first kappa shape index (κ1) is 14.9. The Morgan fingerprint density at radius 2 is 1.79 bits per heavy atom. The van der Waals surface area contributed by atoms with E-state index in [1.54, 1.807) is 24.3 Å². The van der Waals surface area contributed by atoms with E-state index in [4.69, 9.17) is 0 Å². The summed E-state index contributed by atoms with van der Waals surface area (Å²) in [6.07, 6.45) is 1.39. The number of sulfonamides is 1. The van der Waals surface area contributed by atoms with E-state index < -0.39 is 21.8 Å². The topological polar surface area (TPSA) is 83.6 Å². The summed E-state index contributed by atoms with van der Waals surface area (Å²) < 4.78 is 26.1. The predicted octanol–water partition coefficient (Wildman–Crippen LogP) is 2.25. The molecule has 0 radical (unpaired) electrons. The molecule has 2 aromatic rings. The van der Waals surface area contributed by atoms with Gasteiger partial charge < -0.3 is 5.32 Å². The van der Waals surface area contributed by atoms with Gasteiger partial charge in [-0.2, -0.15) is 0 Å². The molecule has 4 rings (SSSR count). The normalized spacial score (nSPS) is 18.3. The van der Waals surface area contributed by atoms with Crippen molar-refractivity contribution in [2.24, 2.45) is 0 Å². The lowest BCUT2D eigenvalue weighted by Gasteiger charge is -2.13. The molecule has 1 aliphatic heterocycles. The summed E-state index contributed by atoms with van der Waals surface area (Å²) >= 11 is 0. The number of hydrogen-bond acceptors (Lipinski definition) is 4. The maximum absolute atomic E-state index is 12.6. The van der Waals surface area contributed by atoms with Gasteiger partial charge in [0.15, 0.2) is 0 Å². The number of rotatable bonds is 3. The van der Waals surface area contributed by atoms with Crippen LogP contribution in [0.1, 0.15) is 33.6 Å². The fraction of sp³-hybridized carbons (Fsp3) is 0.176. The van der Waals surface area contributed by atoms with Crippen LogP contribution in [0.15, 0.2) is 53.4 Å². The van der Waals surface area contributed by atoms with Gasteiger partial charge in [0.25, 0.3) is 21.8 Å². The zero-order valence-electron chi connectivity index (χ0n) is 12.6. The Morgan fingerprint density at radius 3 is 2.46 bits per heavy atom. The van der Waals surface area contributed by atoms with Gasteiger partial charge in [-0.25, -0.2) is 12.7 Å². The van der Waals surface area contributed by atoms with Crippen LogP contribution < -0.4 is 5.32 Å². The molecule has 7 heteroatoms. The quantitative estimate of drug-likeness (QED) is 0.927. The first-order valence-electron chi connectivity index (χ1n) is 7.58. The molecule has 1 fully saturated rings. The van der Waals surface area contributed by atoms with Gasteiger partial charge in [-0.05, 0) is 43.2 Å². The zero-order valence-corrected chi connectivity index (χ0v) is 13.4. The first-order valence-corrected chi connectivity index (χ1v) is 9.02. The Balaban J connectivity index is 1.69. The van der Waals surface area contributed by atoms with Crippen LogP contribution in [0.2, 0.25) is 0 Å². The lowest BCUT2D eigenvalue weighted by molar-refractivity contribution is 0.0864. The average Bonchev–Trinajstić information content (AvgIpc) is 3.36. The molecule has 1 saturated carbocycles. The fourth-order valence-corrected chi connectivity index (χ4v) is 4.62. The number of amides is 2. The van der Waals surface area contributed by atoms with Crippen LogP contribution in [0.25, 0.3) is 0 Å². The molecule has 2 aromatic carbocycles. The smallest absolute Gasteiger partial charge is 0.269 e. The van der Waals surface area contributed by atoms with E-state index in [0.29, 0.717) is 18.5 Å². The summed E-state index contributed by atoms with van der Waals surface area (Å²) in [5.41, 5.74) is 0.950. The second kappa shape index (κ2) is 5.17. The predicted molar refractivity (Wildman–Crippen MR) is 87.2 cm³/mol. The van der Waals surface area contributed by atoms with E-state index in [9.17, 15) is 18.0 Å². The van der Waals surface area contributed by atoms with E-state index in [0.717, 1.165) is 4.31 Å². The summed E-state index contributed by atoms with van der Waals surface area (Å²) in [5.74, 6) is -0.918. The SMILES string of the molecule is O=C(Nc1ccccc1)c1ccc2c(c1)S(=O)(=O)N(C1CC1)C2=O. The number of para-hydroxylation sites is 1. The summed E-state index contributed by atoms with van der Waals surface area (Å²) in [7, 11) is -3.86. The monoisotopic (exact) mass is 342 g/mol. The van der Waals surface area contributed by atoms with Crippen molar-refractivity contribution in [1.29, 1.82) is 0 Å². The number of nitrogens with zero attached hydrogens (tertiary/aromatic N) is 1. The van der Waals surface area contributed by atoms with Crippen LogP contribution >= 0.6 is 0 Å². The van der Waals surface area contributed by atoms with Crippen molar-refractivity contribution in [2.75, 3.05) is 5.32 Å². The molecule has 2 amide bonds. The number of carbonyl (C=O) groups excluding carboxylic acids is 2. The maximum Gasteiger partial charge on any atom is 0.269 e. The van der Waals surface area contributed by atoms with E-state index in [-0.39, 0.29) is 22.1 Å². The van der Waals surface area contributed by atoms with Gasteiger partial charge >= 0.3 is 0 Å². The zero-order chi connectivity index (χ0) is 16.9. The maximum atomic E-state index is 12.6. The Bertz CT molecular complexity index is 950. The number of benzene rings is 2. The minimum Gasteiger partial charge on any atom is -0.322 e. The van der Waals surface area contributed by atoms with Crippen molar-refractivity contribution in [3.05, 3.63) is 59.7 Å². The molecule has 1 heterocycles. The molecule has 1 aliphatic carbocycles. The van der Waals surface area contributed by atoms with Crippen molar-refractivity contribution in [2.45, 2.75) is 23.8 Å². The summed E-state index contributed by atoms with van der Waals surface area (Å²) in [4.78, 5) is 24.6. The van der Waals surface area contributed by atoms with Crippen LogP contribution in [0.4, 0.5) is 5.69 Å². The van der Waals surface area contributed by atoms with Gasteiger partial charge in [-0.15, -0.1) is 0 Å². The Hall–Kier alpha value is -2.67. The highest BCUT2D eigenvalue weighted by Crippen LogP contribution is 2.39. The van der Waals surface area contributed by atoms with Gasteiger partial charge in [-0.3, -0.25) is 9.59 Å². The van der Waals surface area contributed by atoms with Crippen molar-refractivity contribution in [3.63, 3.8) is 0 Å². The second-order valence-corrected chi connectivity index (χ2v) is 7.65. The molecule has 0 unspecified atom stereocenters. The standard InChI is InChI=1S/C17H14N2O4S/c20-16(18-12-4-2-1-3-5-12)11-6-9-14-15(10-11)24(22,23)19(17(14)21)13-7-8-13/h1-6,9-10,13H,7-8H2,(H,18,20). The molecule has 0 spiro atoms. The van der Waals surface area contributed by atoms with Crippen LogP contribution in [0.5, 0.6) is 0 Å². The Labute approximate surface area is 139 Å². The fourth-order valence-electron chi connectivity index (χ4n) is 2.78. The molecule has 2 aliphatic rings. The van der Waals surface area contributed by atoms with E-state index >= 15 is 0 Å². The minimum absolute atomic E-state index is 0.0832. The van der Waals surface area contributed by atoms with Crippen molar-refractivity contribution in [3.8, 4) is 0 Å². The van der Waals surface area contributed by atoms with Crippen LogP contribution in [0, 0.1) is 0 Å². The molecule has 24 heavy (non-hydrogen) atoms. The third kappa shape index (κ3) is 2.28. The van der Waals surface area contributed by atoms with Crippen molar-refractivity contribution in [1.82, 2.24) is 4.31 Å². The number of anilines is 1. The van der Waals surface area contributed by atoms with Crippen molar-refractivity contribution >= 4 is 27.5 Å². The van der Waals surface area contributed by atoms with Crippen molar-refractivity contribution < 1.29 is 18.0 Å². The molecular formula is C17H14N2O4S. The number of hydrogen-bond donors (Lipinski definition) is 1. The number of carbonyl (C=O) groups is 2. The van der Waals surface area contributed by atoms with Gasteiger partial charge in [-0.1, -0.05) is 18.2 Å². The van der Waals surface area contributed by atoms with E-state index in [1.165, 1.54) is 18.2 Å². The average molecular weight is 342 g/mol. The highest BCUT2D eigenvalue weighted by molar-refractivity contribution is 7.90.